The van der Waals surface area contributed by atoms with Gasteiger partial charge in [0.25, 0.3) is 11.8 Å². The maximum Gasteiger partial charge on any atom is 0.472 e. The van der Waals surface area contributed by atoms with E-state index in [2.05, 4.69) is 14.9 Å². The summed E-state index contributed by atoms with van der Waals surface area (Å²) in [4.78, 5) is 82.2. The molecule has 18 nitrogen and oxygen atoms in total. The molecule has 1 aliphatic heterocycles. The molecular formula is C24H45N2O16P. The van der Waals surface area contributed by atoms with Gasteiger partial charge in [0.1, 0.15) is 19.8 Å². The average molecular weight is 649 g/mol. The number of ether oxygens (including phenoxy) is 5. The number of nitrogens with zero attached hydrogens (tertiary/aromatic N) is 1. The quantitative estimate of drug-likeness (QED) is 0.0737. The second-order valence-corrected chi connectivity index (χ2v) is 9.20. The Morgan fingerprint density at radius 3 is 1.95 bits per heavy atom. The first kappa shape index (κ1) is 44.5. The van der Waals surface area contributed by atoms with Crippen LogP contribution in [0, 0.1) is 0 Å². The molecule has 0 aromatic rings. The van der Waals surface area contributed by atoms with E-state index < -0.39 is 62.8 Å². The number of rotatable bonds is 21. The Kier molecular flexibility index (Phi) is 25.3. The summed E-state index contributed by atoms with van der Waals surface area (Å²) in [5, 5.41) is 2.81. The van der Waals surface area contributed by atoms with Crippen LogP contribution < -0.4 is 5.32 Å². The number of phosphoric acid groups is 1. The number of hydroxylamine groups is 2. The third kappa shape index (κ3) is 22.2. The molecule has 0 radical (unpaired) electrons. The minimum absolute atomic E-state index is 0. The highest BCUT2D eigenvalue weighted by atomic mass is 31.2. The molecule has 0 spiro atoms. The van der Waals surface area contributed by atoms with Crippen molar-refractivity contribution >= 4 is 43.5 Å². The summed E-state index contributed by atoms with van der Waals surface area (Å²) in [7, 11) is -4.55. The summed E-state index contributed by atoms with van der Waals surface area (Å²) in [5.41, 5.74) is 0. The van der Waals surface area contributed by atoms with E-state index in [1.165, 1.54) is 0 Å². The van der Waals surface area contributed by atoms with Gasteiger partial charge in [0.05, 0.1) is 39.6 Å². The molecule has 2 N–H and O–H groups in total. The third-order valence-corrected chi connectivity index (χ3v) is 5.29. The normalized spacial score (nSPS) is 14.3. The highest BCUT2D eigenvalue weighted by Crippen LogP contribution is 2.43. The van der Waals surface area contributed by atoms with Crippen LogP contribution in [0.2, 0.25) is 0 Å². The molecule has 1 fully saturated rings. The second-order valence-electron chi connectivity index (χ2n) is 7.74. The van der Waals surface area contributed by atoms with Crippen molar-refractivity contribution in [2.45, 2.75) is 55.1 Å². The van der Waals surface area contributed by atoms with Gasteiger partial charge < -0.3 is 38.7 Å². The second kappa shape index (κ2) is 24.5. The Morgan fingerprint density at radius 1 is 0.837 bits per heavy atom. The maximum atomic E-state index is 11.9. The smallest absolute Gasteiger partial charge is 0.462 e. The largest absolute Gasteiger partial charge is 0.472 e. The summed E-state index contributed by atoms with van der Waals surface area (Å²) >= 11 is 0. The highest BCUT2D eigenvalue weighted by molar-refractivity contribution is 7.47. The average Bonchev–Trinajstić information content (AvgIpc) is 3.19. The lowest BCUT2D eigenvalue weighted by atomic mass is 10.4. The van der Waals surface area contributed by atoms with E-state index in [4.69, 9.17) is 28.0 Å². The number of hydrogen-bond donors (Lipinski definition) is 2. The Bertz CT molecular complexity index is 915. The predicted octanol–water partition coefficient (Wildman–Crippen LogP) is 0.296. The molecule has 0 aliphatic carbocycles. The van der Waals surface area contributed by atoms with Crippen LogP contribution in [0.5, 0.6) is 0 Å². The zero-order chi connectivity index (χ0) is 30.0. The van der Waals surface area contributed by atoms with E-state index in [1.807, 2.05) is 0 Å². The van der Waals surface area contributed by atoms with E-state index in [0.717, 1.165) is 13.8 Å². The van der Waals surface area contributed by atoms with Crippen LogP contribution in [0.3, 0.4) is 0 Å². The van der Waals surface area contributed by atoms with Gasteiger partial charge in [-0.2, -0.15) is 0 Å². The topological polar surface area (TPSA) is 229 Å². The molecule has 0 aromatic heterocycles. The van der Waals surface area contributed by atoms with Crippen LogP contribution >= 0.6 is 7.82 Å². The summed E-state index contributed by atoms with van der Waals surface area (Å²) in [6.45, 7) is 0.212. The van der Waals surface area contributed by atoms with Crippen molar-refractivity contribution < 1.29 is 75.8 Å². The predicted molar refractivity (Wildman–Crippen MR) is 147 cm³/mol. The van der Waals surface area contributed by atoms with Crippen LogP contribution in [0.15, 0.2) is 0 Å². The number of carbonyl (C=O) groups excluding carboxylic acids is 6. The molecule has 0 bridgehead atoms. The van der Waals surface area contributed by atoms with Gasteiger partial charge in [0, 0.05) is 33.2 Å². The molecular weight excluding hydrogens is 603 g/mol. The van der Waals surface area contributed by atoms with Crippen LogP contribution in [0.1, 0.15) is 49.0 Å². The van der Waals surface area contributed by atoms with E-state index in [-0.39, 0.29) is 87.9 Å². The number of hydrogen-bond acceptors (Lipinski definition) is 15. The Balaban J connectivity index is -0.00000533. The van der Waals surface area contributed by atoms with Crippen LogP contribution in [-0.2, 0) is 70.9 Å². The minimum Gasteiger partial charge on any atom is -0.462 e. The summed E-state index contributed by atoms with van der Waals surface area (Å²) in [6.07, 6.45) is -1.14. The molecule has 2 atom stereocenters. The van der Waals surface area contributed by atoms with E-state index in [9.17, 15) is 38.2 Å². The Morgan fingerprint density at radius 2 is 1.40 bits per heavy atom. The molecule has 3 amide bonds. The fourth-order valence-corrected chi connectivity index (χ4v) is 3.37. The first-order chi connectivity index (χ1) is 18.9. The molecule has 252 valence electrons. The molecule has 1 rings (SSSR count). The van der Waals surface area contributed by atoms with Crippen molar-refractivity contribution in [3.63, 3.8) is 0 Å². The van der Waals surface area contributed by atoms with Gasteiger partial charge in [0.15, 0.2) is 6.10 Å². The lowest BCUT2D eigenvalue weighted by Gasteiger charge is -2.18. The van der Waals surface area contributed by atoms with Crippen molar-refractivity contribution in [3.8, 4) is 0 Å². The summed E-state index contributed by atoms with van der Waals surface area (Å²) in [6, 6.07) is 0. The van der Waals surface area contributed by atoms with Crippen molar-refractivity contribution in [1.29, 1.82) is 0 Å². The number of imide groups is 1. The van der Waals surface area contributed by atoms with Gasteiger partial charge in [-0.05, 0) is 0 Å². The van der Waals surface area contributed by atoms with Crippen LogP contribution in [0.25, 0.3) is 0 Å². The van der Waals surface area contributed by atoms with Crippen molar-refractivity contribution in [1.82, 2.24) is 10.4 Å². The molecule has 19 heteroatoms. The van der Waals surface area contributed by atoms with Crippen molar-refractivity contribution in [2.24, 2.45) is 0 Å². The monoisotopic (exact) mass is 648 g/mol. The third-order valence-electron chi connectivity index (χ3n) is 4.30. The molecule has 0 aromatic carbocycles. The first-order valence-corrected chi connectivity index (χ1v) is 13.4. The van der Waals surface area contributed by atoms with Gasteiger partial charge in [0.2, 0.25) is 5.91 Å². The minimum atomic E-state index is -4.55. The number of phosphoric ester groups is 1. The zero-order valence-electron chi connectivity index (χ0n) is 22.0. The van der Waals surface area contributed by atoms with E-state index >= 15 is 0 Å². The highest BCUT2D eigenvalue weighted by Gasteiger charge is 2.32. The molecule has 0 saturated carbocycles. The zero-order valence-corrected chi connectivity index (χ0v) is 22.9. The molecule has 1 aliphatic rings. The maximum absolute atomic E-state index is 11.9. The van der Waals surface area contributed by atoms with E-state index in [1.54, 1.807) is 0 Å². The lowest BCUT2D eigenvalue weighted by Crippen LogP contribution is -2.33. The van der Waals surface area contributed by atoms with Crippen LogP contribution in [0.4, 0.5) is 0 Å². The van der Waals surface area contributed by atoms with Gasteiger partial charge >= 0.3 is 25.7 Å². The Hall–Kier alpha value is -2.99. The SMILES string of the molecule is C.C.C.CC(=O)OCC(COP(=O)(O)OCCNC(=O)COCCOCCOCC(=O)ON1C(=O)CCC1=O)OC(C)=O. The number of carbonyl (C=O) groups is 6. The fourth-order valence-electron chi connectivity index (χ4n) is 2.62. The molecule has 2 unspecified atom stereocenters. The summed E-state index contributed by atoms with van der Waals surface area (Å²) < 4.78 is 46.1. The lowest BCUT2D eigenvalue weighted by molar-refractivity contribution is -0.200. The molecule has 43 heavy (non-hydrogen) atoms. The van der Waals surface area contributed by atoms with Gasteiger partial charge in [-0.25, -0.2) is 9.36 Å². The van der Waals surface area contributed by atoms with Crippen molar-refractivity contribution in [3.05, 3.63) is 0 Å². The Labute approximate surface area is 251 Å². The first-order valence-electron chi connectivity index (χ1n) is 11.9. The van der Waals surface area contributed by atoms with E-state index in [0.29, 0.717) is 5.06 Å². The molecule has 1 saturated heterocycles. The van der Waals surface area contributed by atoms with Gasteiger partial charge in [-0.3, -0.25) is 33.0 Å². The molecule has 1 heterocycles. The fraction of sp³-hybridized carbons (Fsp3) is 0.750. The van der Waals surface area contributed by atoms with Crippen molar-refractivity contribution in [2.75, 3.05) is 66.0 Å². The summed E-state index contributed by atoms with van der Waals surface area (Å²) in [5.74, 6) is -3.98. The van der Waals surface area contributed by atoms with Crippen LogP contribution in [-0.4, -0.2) is 118 Å². The number of esters is 2. The van der Waals surface area contributed by atoms with Gasteiger partial charge in [-0.1, -0.05) is 22.3 Å². The standard InChI is InChI=1S/C21H33N2O16P.3CH4/c1-15(24)35-11-17(38-16(2)25)12-37-40(30,31)36-6-5-22-18(26)13-33-9-7-32-8-10-34-14-21(29)39-23-19(27)3-4-20(23)28;;;/h17H,3-14H2,1-2H3,(H,22,26)(H,30,31);3*1H4. The van der Waals surface area contributed by atoms with Gasteiger partial charge in [-0.15, -0.1) is 5.06 Å². The number of amides is 3. The number of nitrogens with one attached hydrogen (secondary N) is 1.